The molecule has 0 aliphatic carbocycles. The number of primary amides is 1. The first-order valence-corrected chi connectivity index (χ1v) is 20.8. The third kappa shape index (κ3) is 11.5. The molecule has 6 rings (SSSR count). The molecule has 64 heavy (non-hydrogen) atoms. The maximum absolute atomic E-state index is 13.2. The monoisotopic (exact) mass is 884 g/mol. The second kappa shape index (κ2) is 21.2. The minimum Gasteiger partial charge on any atom is -0.394 e. The van der Waals surface area contributed by atoms with Crippen LogP contribution < -0.4 is 32.3 Å². The number of nitrogens with two attached hydrogens (primary N) is 1. The molecule has 20 heteroatoms. The van der Waals surface area contributed by atoms with Crippen LogP contribution in [0.4, 0.5) is 11.4 Å². The summed E-state index contributed by atoms with van der Waals surface area (Å²) in [5.74, 6) is -3.48. The second-order valence-corrected chi connectivity index (χ2v) is 15.6. The van der Waals surface area contributed by atoms with Crippen molar-refractivity contribution in [3.8, 4) is 0 Å². The molecule has 0 radical (unpaired) electrons. The van der Waals surface area contributed by atoms with Crippen LogP contribution in [0.25, 0.3) is 0 Å². The van der Waals surface area contributed by atoms with E-state index in [0.717, 1.165) is 16.7 Å². The first-order valence-electron chi connectivity index (χ1n) is 20.8. The predicted molar refractivity (Wildman–Crippen MR) is 228 cm³/mol. The van der Waals surface area contributed by atoms with Gasteiger partial charge in [-0.15, -0.1) is 0 Å². The Hall–Kier alpha value is -6.58. The predicted octanol–water partition coefficient (Wildman–Crippen LogP) is 0.00740. The van der Waals surface area contributed by atoms with Crippen LogP contribution in [0.2, 0.25) is 0 Å². The molecule has 3 aromatic rings. The number of nitrogens with zero attached hydrogens (tertiary/aromatic N) is 2. The van der Waals surface area contributed by atoms with Crippen LogP contribution in [0.15, 0.2) is 77.8 Å². The van der Waals surface area contributed by atoms with Gasteiger partial charge in [0.25, 0.3) is 5.91 Å². The zero-order chi connectivity index (χ0) is 46.1. The van der Waals surface area contributed by atoms with Gasteiger partial charge in [-0.05, 0) is 55.7 Å². The third-order valence-corrected chi connectivity index (χ3v) is 10.8. The topological polar surface area (TPSA) is 289 Å². The molecule has 3 heterocycles. The number of benzene rings is 3. The van der Waals surface area contributed by atoms with Gasteiger partial charge in [-0.2, -0.15) is 0 Å². The average Bonchev–Trinajstić information content (AvgIpc) is 3.54. The molecular formula is C44H52N8O12. The number of hydrogen-bond donors (Lipinski definition) is 8. The van der Waals surface area contributed by atoms with Gasteiger partial charge in [0.1, 0.15) is 48.4 Å². The molecule has 0 spiro atoms. The van der Waals surface area contributed by atoms with E-state index in [4.69, 9.17) is 19.9 Å². The number of hydrogen-bond acceptors (Lipinski definition) is 13. The van der Waals surface area contributed by atoms with E-state index in [0.29, 0.717) is 29.3 Å². The van der Waals surface area contributed by atoms with Crippen molar-refractivity contribution in [1.29, 1.82) is 0 Å². The Morgan fingerprint density at radius 1 is 0.938 bits per heavy atom. The van der Waals surface area contributed by atoms with Crippen LogP contribution in [0, 0.1) is 0 Å². The lowest BCUT2D eigenvalue weighted by atomic mass is 9.96. The van der Waals surface area contributed by atoms with Crippen molar-refractivity contribution >= 4 is 58.6 Å². The van der Waals surface area contributed by atoms with E-state index in [1.165, 1.54) is 20.8 Å². The van der Waals surface area contributed by atoms with Crippen LogP contribution in [0.1, 0.15) is 67.1 Å². The highest BCUT2D eigenvalue weighted by Crippen LogP contribution is 2.35. The van der Waals surface area contributed by atoms with Crippen LogP contribution in [0.3, 0.4) is 0 Å². The van der Waals surface area contributed by atoms with Crippen molar-refractivity contribution in [3.63, 3.8) is 0 Å². The lowest BCUT2D eigenvalue weighted by Crippen LogP contribution is -2.66. The molecule has 1 fully saturated rings. The summed E-state index contributed by atoms with van der Waals surface area (Å²) in [5.41, 5.74) is 9.60. The number of rotatable bonds is 19. The fraction of sp³-hybridized carbons (Fsp3) is 0.409. The van der Waals surface area contributed by atoms with Gasteiger partial charge >= 0.3 is 0 Å². The van der Waals surface area contributed by atoms with Gasteiger partial charge < -0.3 is 56.7 Å². The maximum atomic E-state index is 13.2. The molecule has 20 nitrogen and oxygen atoms in total. The maximum Gasteiger partial charge on any atom is 0.260 e. The smallest absolute Gasteiger partial charge is 0.260 e. The van der Waals surface area contributed by atoms with Crippen molar-refractivity contribution in [2.75, 3.05) is 18.5 Å². The van der Waals surface area contributed by atoms with Crippen LogP contribution in [-0.2, 0) is 56.1 Å². The fourth-order valence-electron chi connectivity index (χ4n) is 7.39. The molecule has 3 aliphatic rings. The molecular weight excluding hydrogens is 833 g/mol. The zero-order valence-electron chi connectivity index (χ0n) is 35.4. The molecule has 1 unspecified atom stereocenters. The van der Waals surface area contributed by atoms with Gasteiger partial charge in [0, 0.05) is 37.6 Å². The normalized spacial score (nSPS) is 21.1. The van der Waals surface area contributed by atoms with E-state index in [-0.39, 0.29) is 44.2 Å². The van der Waals surface area contributed by atoms with Gasteiger partial charge in [0.2, 0.25) is 35.4 Å². The van der Waals surface area contributed by atoms with Gasteiger partial charge in [0.05, 0.1) is 31.0 Å². The summed E-state index contributed by atoms with van der Waals surface area (Å²) in [6.07, 6.45) is -7.03. The number of carbonyl (C=O) groups excluding carboxylic acids is 7. The van der Waals surface area contributed by atoms with E-state index in [9.17, 15) is 43.8 Å². The summed E-state index contributed by atoms with van der Waals surface area (Å²) in [5, 5.41) is 33.9. The van der Waals surface area contributed by atoms with Crippen molar-refractivity contribution in [2.45, 2.75) is 102 Å². The third-order valence-electron chi connectivity index (χ3n) is 10.8. The van der Waals surface area contributed by atoms with E-state index < -0.39 is 85.0 Å². The zero-order valence-corrected chi connectivity index (χ0v) is 35.4. The van der Waals surface area contributed by atoms with Gasteiger partial charge in [-0.1, -0.05) is 48.5 Å². The molecule has 340 valence electrons. The number of nitrogens with one attached hydrogen (secondary N) is 5. The minimum absolute atomic E-state index is 0.0286. The number of ether oxygens (including phenoxy) is 3. The number of aliphatic imine (C=N–C) groups is 1. The molecule has 3 aliphatic heterocycles. The number of anilines is 1. The van der Waals surface area contributed by atoms with E-state index in [1.807, 2.05) is 42.5 Å². The Balaban J connectivity index is 0.936. The number of amidine groups is 1. The molecule has 7 amide bonds. The van der Waals surface area contributed by atoms with Crippen LogP contribution in [0.5, 0.6) is 0 Å². The highest BCUT2D eigenvalue weighted by molar-refractivity contribution is 6.24. The van der Waals surface area contributed by atoms with Crippen molar-refractivity contribution in [2.24, 2.45) is 10.7 Å². The Labute approximate surface area is 368 Å². The molecule has 1 saturated heterocycles. The summed E-state index contributed by atoms with van der Waals surface area (Å²) < 4.78 is 17.6. The minimum atomic E-state index is -1.51. The second-order valence-electron chi connectivity index (χ2n) is 15.6. The van der Waals surface area contributed by atoms with Gasteiger partial charge in [-0.25, -0.2) is 4.99 Å². The molecule has 3 aromatic carbocycles. The Morgan fingerprint density at radius 2 is 1.66 bits per heavy atom. The van der Waals surface area contributed by atoms with Crippen molar-refractivity contribution in [3.05, 3.63) is 95.1 Å². The highest BCUT2D eigenvalue weighted by Gasteiger charge is 2.48. The SMILES string of the molecule is CC(=O)N[C@H]1[C@@H](OCc2ccccc2)O[C@H](CO)[C@@H](O)[C@@H]1OC(C)C(=O)N[C@@H](C)C(=O)N[C@H](CCC(=O)NCCC(=O)Nc1ccc2c(c1)CN1C(=O)c3ccccc3C1=N2)C(N)=O. The summed E-state index contributed by atoms with van der Waals surface area (Å²) in [6, 6.07) is 17.9. The van der Waals surface area contributed by atoms with E-state index >= 15 is 0 Å². The van der Waals surface area contributed by atoms with Gasteiger partial charge in [-0.3, -0.25) is 38.5 Å². The summed E-state index contributed by atoms with van der Waals surface area (Å²) >= 11 is 0. The lowest BCUT2D eigenvalue weighted by molar-refractivity contribution is -0.283. The molecule has 8 atom stereocenters. The largest absolute Gasteiger partial charge is 0.394 e. The van der Waals surface area contributed by atoms with Crippen molar-refractivity contribution in [1.82, 2.24) is 26.2 Å². The Morgan fingerprint density at radius 3 is 2.36 bits per heavy atom. The molecule has 9 N–H and O–H groups in total. The van der Waals surface area contributed by atoms with Crippen LogP contribution in [-0.4, -0.2) is 124 Å². The summed E-state index contributed by atoms with van der Waals surface area (Å²) in [6.45, 7) is 3.62. The summed E-state index contributed by atoms with van der Waals surface area (Å²) in [7, 11) is 0. The van der Waals surface area contributed by atoms with Crippen LogP contribution >= 0.6 is 0 Å². The summed E-state index contributed by atoms with van der Waals surface area (Å²) in [4.78, 5) is 95.4. The number of amides is 7. The lowest BCUT2D eigenvalue weighted by Gasteiger charge is -2.44. The van der Waals surface area contributed by atoms with E-state index in [1.54, 1.807) is 35.2 Å². The standard InChI is InChI=1S/C44H52N8O12/c1-23(47-42(60)24(2)63-38-36(48-25(3)54)44(64-33(21-53)37(38)57)62-22-26-9-5-4-6-10-26)41(59)51-32(39(45)58)15-16-34(55)46-18-17-35(56)49-28-13-14-31-27(19-28)20-52-40(50-31)29-11-7-8-12-30(29)43(52)61/h4-14,19,23-24,32-33,36-38,44,53,57H,15-18,20-22H2,1-3H3,(H2,45,58)(H,46,55)(H,47,60)(H,48,54)(H,49,56)(H,51,59)/t23-,24?,32+,33+,36+,37+,38+,44-/m0/s1. The number of aliphatic hydroxyl groups is 2. The molecule has 0 bridgehead atoms. The average molecular weight is 885 g/mol. The van der Waals surface area contributed by atoms with Crippen molar-refractivity contribution < 1.29 is 58.0 Å². The van der Waals surface area contributed by atoms with E-state index in [2.05, 4.69) is 31.6 Å². The number of fused-ring (bicyclic) bond motifs is 4. The number of aliphatic hydroxyl groups excluding tert-OH is 2. The molecule has 0 saturated carbocycles. The Kier molecular flexibility index (Phi) is 15.5. The first-order chi connectivity index (χ1) is 30.6. The Bertz CT molecular complexity index is 2280. The highest BCUT2D eigenvalue weighted by atomic mass is 16.7. The first kappa shape index (κ1) is 46.9. The van der Waals surface area contributed by atoms with Gasteiger partial charge in [0.15, 0.2) is 6.29 Å². The number of carbonyl (C=O) groups is 7. The molecule has 0 aromatic heterocycles. The quantitative estimate of drug-likeness (QED) is 0.0791. The fourth-order valence-corrected chi connectivity index (χ4v) is 7.39.